The third-order valence-corrected chi connectivity index (χ3v) is 2.75. The van der Waals surface area contributed by atoms with E-state index in [4.69, 9.17) is 0 Å². The van der Waals surface area contributed by atoms with Crippen molar-refractivity contribution in [2.45, 2.75) is 18.9 Å². The molecule has 1 heterocycles. The van der Waals surface area contributed by atoms with Gasteiger partial charge in [0, 0.05) is 4.88 Å². The molecule has 11 heavy (non-hydrogen) atoms. The van der Waals surface area contributed by atoms with Gasteiger partial charge in [0.25, 0.3) is 0 Å². The zero-order valence-corrected chi connectivity index (χ0v) is 10.2. The normalized spacial score (nSPS) is 12.3. The van der Waals surface area contributed by atoms with E-state index in [1.54, 1.807) is 13.8 Å². The monoisotopic (exact) mass is 199 g/mol. The predicted molar refractivity (Wildman–Crippen MR) is 38.8 cm³/mol. The van der Waals surface area contributed by atoms with Gasteiger partial charge in [-0.1, -0.05) is 0 Å². The van der Waals surface area contributed by atoms with Crippen molar-refractivity contribution in [3.63, 3.8) is 0 Å². The van der Waals surface area contributed by atoms with Crippen LogP contribution in [0.3, 0.4) is 0 Å². The molecule has 1 atom stereocenters. The van der Waals surface area contributed by atoms with E-state index in [0.717, 1.165) is 9.88 Å². The number of nitrogens with zero attached hydrogens (tertiary/aromatic N) is 1. The van der Waals surface area contributed by atoms with Crippen molar-refractivity contribution in [1.82, 2.24) is 4.98 Å². The van der Waals surface area contributed by atoms with Crippen LogP contribution in [-0.4, -0.2) is 13.7 Å². The molecule has 1 unspecified atom stereocenters. The second-order valence-corrected chi connectivity index (χ2v) is 4.09. The molecule has 0 bridgehead atoms. The Bertz CT molecular complexity index is 273. The van der Waals surface area contributed by atoms with Crippen LogP contribution in [-0.2, 0) is 11.1 Å². The topological polar surface area (TPSA) is 53.0 Å². The quantitative estimate of drug-likeness (QED) is 0.388. The van der Waals surface area contributed by atoms with E-state index < -0.39 is 11.1 Å². The van der Waals surface area contributed by atoms with Crippen LogP contribution in [0.2, 0.25) is 0 Å². The number of aromatic nitrogens is 1. The van der Waals surface area contributed by atoms with Crippen LogP contribution in [0.25, 0.3) is 0 Å². The van der Waals surface area contributed by atoms with E-state index in [-0.39, 0.29) is 34.6 Å². The molecule has 1 aromatic rings. The second-order valence-electron chi connectivity index (χ2n) is 1.83. The largest absolute Gasteiger partial charge is 1.00 e. The van der Waals surface area contributed by atoms with Crippen molar-refractivity contribution in [1.29, 1.82) is 0 Å². The van der Waals surface area contributed by atoms with E-state index in [1.165, 1.54) is 11.3 Å². The molecule has 0 saturated carbocycles. The maximum Gasteiger partial charge on any atom is 1.00 e. The standard InChI is InChI=1S/C5H7NO2S2.Na/c1-3-5(10(7)8)6-4(2)9-3;/h1-2H3,(H,7,8);/q;+1/p-1. The van der Waals surface area contributed by atoms with Gasteiger partial charge in [-0.25, -0.2) is 4.98 Å². The van der Waals surface area contributed by atoms with Crippen LogP contribution in [0.1, 0.15) is 9.88 Å². The molecular formula is C5H6NNaO2S2. The first kappa shape index (κ1) is 11.7. The van der Waals surface area contributed by atoms with Crippen molar-refractivity contribution in [2.24, 2.45) is 0 Å². The van der Waals surface area contributed by atoms with Gasteiger partial charge in [-0.3, -0.25) is 4.21 Å². The van der Waals surface area contributed by atoms with Gasteiger partial charge in [-0.15, -0.1) is 11.3 Å². The van der Waals surface area contributed by atoms with E-state index in [1.807, 2.05) is 0 Å². The Labute approximate surface area is 93.8 Å². The average Bonchev–Trinajstić information content (AvgIpc) is 2.10. The number of rotatable bonds is 1. The Balaban J connectivity index is 0.000001000. The third kappa shape index (κ3) is 2.93. The molecule has 0 aromatic carbocycles. The summed E-state index contributed by atoms with van der Waals surface area (Å²) in [5.41, 5.74) is 0. The van der Waals surface area contributed by atoms with Crippen LogP contribution < -0.4 is 29.6 Å². The minimum atomic E-state index is -2.17. The Morgan fingerprint density at radius 1 is 1.55 bits per heavy atom. The fourth-order valence-electron chi connectivity index (χ4n) is 0.664. The Hall–Kier alpha value is 0.740. The van der Waals surface area contributed by atoms with E-state index >= 15 is 0 Å². The maximum atomic E-state index is 10.4. The summed E-state index contributed by atoms with van der Waals surface area (Å²) in [6.45, 7) is 3.53. The number of hydrogen-bond donors (Lipinski definition) is 0. The van der Waals surface area contributed by atoms with Crippen molar-refractivity contribution >= 4 is 22.4 Å². The summed E-state index contributed by atoms with van der Waals surface area (Å²) in [6, 6.07) is 0. The number of aryl methyl sites for hydroxylation is 2. The van der Waals surface area contributed by atoms with Gasteiger partial charge < -0.3 is 4.55 Å². The Morgan fingerprint density at radius 3 is 2.27 bits per heavy atom. The predicted octanol–water partition coefficient (Wildman–Crippen LogP) is -2.00. The third-order valence-electron chi connectivity index (χ3n) is 1.02. The second kappa shape index (κ2) is 4.69. The molecular weight excluding hydrogens is 193 g/mol. The molecule has 0 spiro atoms. The first-order valence-corrected chi connectivity index (χ1v) is 4.53. The van der Waals surface area contributed by atoms with Gasteiger partial charge in [0.05, 0.1) is 5.01 Å². The smallest absolute Gasteiger partial charge is 0.767 e. The number of hydrogen-bond acceptors (Lipinski definition) is 4. The molecule has 0 aliphatic carbocycles. The van der Waals surface area contributed by atoms with Crippen LogP contribution in [0.15, 0.2) is 5.03 Å². The van der Waals surface area contributed by atoms with Crippen LogP contribution in [0.4, 0.5) is 0 Å². The molecule has 3 nitrogen and oxygen atoms in total. The summed E-state index contributed by atoms with van der Waals surface area (Å²) < 4.78 is 20.8. The molecule has 0 radical (unpaired) electrons. The molecule has 1 rings (SSSR count). The van der Waals surface area contributed by atoms with Gasteiger partial charge in [-0.05, 0) is 24.9 Å². The zero-order chi connectivity index (χ0) is 7.72. The molecule has 56 valence electrons. The van der Waals surface area contributed by atoms with Gasteiger partial charge in [0.1, 0.15) is 5.03 Å². The van der Waals surface area contributed by atoms with Gasteiger partial charge in [0.15, 0.2) is 0 Å². The first-order chi connectivity index (χ1) is 4.61. The summed E-state index contributed by atoms with van der Waals surface area (Å²) in [5, 5.41) is 0.971. The van der Waals surface area contributed by atoms with Crippen LogP contribution in [0.5, 0.6) is 0 Å². The molecule has 0 saturated heterocycles. The Kier molecular flexibility index (Phi) is 5.00. The Morgan fingerprint density at radius 2 is 2.09 bits per heavy atom. The average molecular weight is 199 g/mol. The van der Waals surface area contributed by atoms with Gasteiger partial charge in [0.2, 0.25) is 0 Å². The van der Waals surface area contributed by atoms with E-state index in [2.05, 4.69) is 4.98 Å². The van der Waals surface area contributed by atoms with Crippen molar-refractivity contribution in [3.05, 3.63) is 9.88 Å². The molecule has 0 aliphatic rings. The minimum Gasteiger partial charge on any atom is -0.767 e. The molecule has 6 heteroatoms. The zero-order valence-electron chi connectivity index (χ0n) is 6.58. The first-order valence-electron chi connectivity index (χ1n) is 2.64. The summed E-state index contributed by atoms with van der Waals surface area (Å²) >= 11 is -0.777. The number of thiazole rings is 1. The summed E-state index contributed by atoms with van der Waals surface area (Å²) in [4.78, 5) is 4.57. The van der Waals surface area contributed by atoms with Gasteiger partial charge >= 0.3 is 29.6 Å². The fourth-order valence-corrected chi connectivity index (χ4v) is 2.21. The molecule has 0 fully saturated rings. The SMILES string of the molecule is Cc1nc(S(=O)[O-])c(C)s1.[Na+]. The van der Waals surface area contributed by atoms with Crippen molar-refractivity contribution in [3.8, 4) is 0 Å². The fraction of sp³-hybridized carbons (Fsp3) is 0.400. The molecule has 0 N–H and O–H groups in total. The minimum absolute atomic E-state index is 0. The summed E-state index contributed by atoms with van der Waals surface area (Å²) in [7, 11) is 0. The van der Waals surface area contributed by atoms with Gasteiger partial charge in [-0.2, -0.15) is 0 Å². The maximum absolute atomic E-state index is 10.4. The summed E-state index contributed by atoms with van der Waals surface area (Å²) in [6.07, 6.45) is 0. The van der Waals surface area contributed by atoms with Crippen LogP contribution >= 0.6 is 11.3 Å². The van der Waals surface area contributed by atoms with Crippen molar-refractivity contribution in [2.75, 3.05) is 0 Å². The van der Waals surface area contributed by atoms with E-state index in [0.29, 0.717) is 0 Å². The molecule has 1 aromatic heterocycles. The summed E-state index contributed by atoms with van der Waals surface area (Å²) in [5.74, 6) is 0. The molecule has 0 amide bonds. The van der Waals surface area contributed by atoms with E-state index in [9.17, 15) is 8.76 Å². The van der Waals surface area contributed by atoms with Crippen molar-refractivity contribution < 1.29 is 38.3 Å². The molecule has 0 aliphatic heterocycles. The van der Waals surface area contributed by atoms with Crippen LogP contribution in [0, 0.1) is 13.8 Å².